The Kier molecular flexibility index (Phi) is 5.41. The number of hydrogen-bond acceptors (Lipinski definition) is 3. The van der Waals surface area contributed by atoms with Crippen LogP contribution in [0.2, 0.25) is 10.0 Å². The monoisotopic (exact) mass is 429 g/mol. The van der Waals surface area contributed by atoms with Gasteiger partial charge >= 0.3 is 0 Å². The third kappa shape index (κ3) is 3.60. The Balaban J connectivity index is 1.96. The fourth-order valence-corrected chi connectivity index (χ4v) is 3.39. The van der Waals surface area contributed by atoms with Crippen LogP contribution in [0.1, 0.15) is 16.8 Å². The average molecular weight is 430 g/mol. The Morgan fingerprint density at radius 2 is 1.67 bits per heavy atom. The maximum atomic E-state index is 9.96. The molecular weight excluding hydrogens is 417 g/mol. The lowest BCUT2D eigenvalue weighted by Crippen LogP contribution is -2.04. The highest BCUT2D eigenvalue weighted by molar-refractivity contribution is 6.42. The van der Waals surface area contributed by atoms with Crippen LogP contribution in [-0.2, 0) is 0 Å². The van der Waals surface area contributed by atoms with Gasteiger partial charge < -0.3 is 4.57 Å². The molecule has 0 spiro atoms. The fourth-order valence-electron chi connectivity index (χ4n) is 3.09. The van der Waals surface area contributed by atoms with E-state index in [1.807, 2.05) is 54.9 Å². The van der Waals surface area contributed by atoms with E-state index in [0.29, 0.717) is 32.7 Å². The molecule has 0 atom stereocenters. The molecule has 2 aromatic carbocycles. The van der Waals surface area contributed by atoms with E-state index in [2.05, 4.69) is 17.2 Å². The number of allylic oxidation sites excluding steroid dienone is 1. The van der Waals surface area contributed by atoms with Gasteiger partial charge in [-0.15, -0.1) is 0 Å². The van der Waals surface area contributed by atoms with Gasteiger partial charge in [0.05, 0.1) is 21.3 Å². The quantitative estimate of drug-likeness (QED) is 0.378. The fraction of sp³-hybridized carbons (Fsp3) is 0. The molecule has 0 bridgehead atoms. The lowest BCUT2D eigenvalue weighted by Gasteiger charge is -2.08. The molecule has 5 nitrogen and oxygen atoms in total. The van der Waals surface area contributed by atoms with Crippen LogP contribution in [-0.4, -0.2) is 14.3 Å². The van der Waals surface area contributed by atoms with Gasteiger partial charge in [0.2, 0.25) is 0 Å². The van der Waals surface area contributed by atoms with Crippen LogP contribution in [0.15, 0.2) is 73.1 Å². The zero-order chi connectivity index (χ0) is 21.1. The van der Waals surface area contributed by atoms with Crippen LogP contribution in [0.25, 0.3) is 23.2 Å². The van der Waals surface area contributed by atoms with Gasteiger partial charge in [0, 0.05) is 12.4 Å². The van der Waals surface area contributed by atoms with Crippen molar-refractivity contribution in [3.8, 4) is 23.6 Å². The molecule has 0 aliphatic heterocycles. The highest BCUT2D eigenvalue weighted by atomic mass is 35.5. The second-order valence-electron chi connectivity index (χ2n) is 6.34. The molecule has 0 amide bonds. The summed E-state index contributed by atoms with van der Waals surface area (Å²) in [6.07, 6.45) is 5.30. The predicted octanol–water partition coefficient (Wildman–Crippen LogP) is 5.91. The number of aromatic nitrogens is 3. The molecule has 7 heteroatoms. The van der Waals surface area contributed by atoms with E-state index in [9.17, 15) is 10.5 Å². The van der Waals surface area contributed by atoms with Crippen LogP contribution in [0.5, 0.6) is 0 Å². The van der Waals surface area contributed by atoms with Crippen molar-refractivity contribution in [2.45, 2.75) is 0 Å². The number of para-hydroxylation sites is 1. The van der Waals surface area contributed by atoms with Crippen molar-refractivity contribution < 1.29 is 0 Å². The lowest BCUT2D eigenvalue weighted by atomic mass is 10.1. The highest BCUT2D eigenvalue weighted by Crippen LogP contribution is 2.29. The molecule has 144 valence electrons. The van der Waals surface area contributed by atoms with Crippen LogP contribution in [0.3, 0.4) is 0 Å². The number of rotatable bonds is 4. The van der Waals surface area contributed by atoms with Gasteiger partial charge in [0.1, 0.15) is 23.4 Å². The Morgan fingerprint density at radius 1 is 0.933 bits per heavy atom. The summed E-state index contributed by atoms with van der Waals surface area (Å²) in [5, 5.41) is 25.2. The summed E-state index contributed by atoms with van der Waals surface area (Å²) < 4.78 is 3.46. The first kappa shape index (κ1) is 19.5. The average Bonchev–Trinajstić information content (AvgIpc) is 3.42. The maximum Gasteiger partial charge on any atom is 0.159 e. The third-order valence-electron chi connectivity index (χ3n) is 4.45. The normalized spacial score (nSPS) is 11.1. The molecule has 0 aliphatic carbocycles. The van der Waals surface area contributed by atoms with Gasteiger partial charge in [-0.3, -0.25) is 0 Å². The molecule has 4 aromatic rings. The second kappa shape index (κ2) is 8.31. The van der Waals surface area contributed by atoms with Gasteiger partial charge in [-0.1, -0.05) is 47.5 Å². The van der Waals surface area contributed by atoms with Crippen molar-refractivity contribution in [3.63, 3.8) is 0 Å². The molecule has 0 aliphatic rings. The van der Waals surface area contributed by atoms with E-state index in [4.69, 9.17) is 23.2 Å². The van der Waals surface area contributed by atoms with Gasteiger partial charge in [0.15, 0.2) is 5.82 Å². The smallest absolute Gasteiger partial charge is 0.159 e. The van der Waals surface area contributed by atoms with Crippen LogP contribution in [0.4, 0.5) is 0 Å². The number of nitrogens with zero attached hydrogens (tertiary/aromatic N) is 5. The molecule has 0 N–H and O–H groups in total. The molecule has 30 heavy (non-hydrogen) atoms. The number of nitriles is 2. The summed E-state index contributed by atoms with van der Waals surface area (Å²) in [4.78, 5) is 0. The summed E-state index contributed by atoms with van der Waals surface area (Å²) in [7, 11) is 0. The molecule has 0 radical (unpaired) electrons. The van der Waals surface area contributed by atoms with Crippen molar-refractivity contribution >= 4 is 34.9 Å². The SMILES string of the molecule is N#C/C(=C\c1ccc(Cl)c(Cl)c1)c1nn(-c2ccccc2)c(-n2cccc2)c1C#N. The Hall–Kier alpha value is -3.77. The summed E-state index contributed by atoms with van der Waals surface area (Å²) in [5.74, 6) is 0.555. The zero-order valence-corrected chi connectivity index (χ0v) is 17.0. The molecule has 0 saturated carbocycles. The summed E-state index contributed by atoms with van der Waals surface area (Å²) in [6, 6.07) is 22.6. The van der Waals surface area contributed by atoms with Gasteiger partial charge in [0.25, 0.3) is 0 Å². The standard InChI is InChI=1S/C23H13Cl2N5/c24-20-9-8-16(13-21(20)25)12-17(14-26)22-19(15-27)23(29-10-4-5-11-29)30(28-22)18-6-2-1-3-7-18/h1-13H/b17-12+. The first-order chi connectivity index (χ1) is 14.6. The first-order valence-corrected chi connectivity index (χ1v) is 9.67. The van der Waals surface area contributed by atoms with Crippen molar-refractivity contribution in [2.75, 3.05) is 0 Å². The molecule has 0 fully saturated rings. The molecule has 2 heterocycles. The zero-order valence-electron chi connectivity index (χ0n) is 15.5. The van der Waals surface area contributed by atoms with E-state index in [-0.39, 0.29) is 5.57 Å². The van der Waals surface area contributed by atoms with Gasteiger partial charge in [-0.2, -0.15) is 15.6 Å². The Bertz CT molecular complexity index is 1320. The first-order valence-electron chi connectivity index (χ1n) is 8.91. The maximum absolute atomic E-state index is 9.96. The van der Waals surface area contributed by atoms with Gasteiger partial charge in [-0.05, 0) is 48.0 Å². The third-order valence-corrected chi connectivity index (χ3v) is 5.19. The summed E-state index contributed by atoms with van der Waals surface area (Å²) in [6.45, 7) is 0. The Morgan fingerprint density at radius 3 is 2.30 bits per heavy atom. The molecular formula is C23H13Cl2N5. The van der Waals surface area contributed by atoms with Crippen molar-refractivity contribution in [2.24, 2.45) is 0 Å². The van der Waals surface area contributed by atoms with Crippen LogP contribution in [0, 0.1) is 22.7 Å². The van der Waals surface area contributed by atoms with Crippen molar-refractivity contribution in [1.82, 2.24) is 14.3 Å². The summed E-state index contributed by atoms with van der Waals surface area (Å²) >= 11 is 12.1. The van der Waals surface area contributed by atoms with Gasteiger partial charge in [-0.25, -0.2) is 4.68 Å². The topological polar surface area (TPSA) is 70.3 Å². The van der Waals surface area contributed by atoms with E-state index in [1.54, 1.807) is 33.5 Å². The molecule has 2 aromatic heterocycles. The highest BCUT2D eigenvalue weighted by Gasteiger charge is 2.23. The minimum Gasteiger partial charge on any atom is -0.307 e. The lowest BCUT2D eigenvalue weighted by molar-refractivity contribution is 0.820. The number of halogens is 2. The minimum absolute atomic E-state index is 0.244. The van der Waals surface area contributed by atoms with E-state index >= 15 is 0 Å². The predicted molar refractivity (Wildman–Crippen MR) is 118 cm³/mol. The summed E-state index contributed by atoms with van der Waals surface area (Å²) in [5.41, 5.74) is 2.28. The molecule has 4 rings (SSSR count). The van der Waals surface area contributed by atoms with Crippen molar-refractivity contribution in [1.29, 1.82) is 10.5 Å². The number of hydrogen-bond donors (Lipinski definition) is 0. The van der Waals surface area contributed by atoms with Crippen LogP contribution < -0.4 is 0 Å². The Labute approximate surface area is 183 Å². The molecule has 0 unspecified atom stereocenters. The largest absolute Gasteiger partial charge is 0.307 e. The van der Waals surface area contributed by atoms with E-state index < -0.39 is 0 Å². The second-order valence-corrected chi connectivity index (χ2v) is 7.15. The van der Waals surface area contributed by atoms with E-state index in [0.717, 1.165) is 5.69 Å². The van der Waals surface area contributed by atoms with Crippen molar-refractivity contribution in [3.05, 3.63) is 99.9 Å². The van der Waals surface area contributed by atoms with Crippen LogP contribution >= 0.6 is 23.2 Å². The molecule has 0 saturated heterocycles. The number of benzene rings is 2. The van der Waals surface area contributed by atoms with E-state index in [1.165, 1.54) is 0 Å². The minimum atomic E-state index is 0.244.